The summed E-state index contributed by atoms with van der Waals surface area (Å²) < 4.78 is 0. The molecule has 1 aliphatic carbocycles. The Kier molecular flexibility index (Phi) is 2.66. The van der Waals surface area contributed by atoms with Gasteiger partial charge in [0.2, 0.25) is 0 Å². The van der Waals surface area contributed by atoms with Gasteiger partial charge in [-0.15, -0.1) is 0 Å². The van der Waals surface area contributed by atoms with E-state index in [1.54, 1.807) is 0 Å². The highest BCUT2D eigenvalue weighted by Crippen LogP contribution is 2.35. The average Bonchev–Trinajstić information content (AvgIpc) is 2.81. The van der Waals surface area contributed by atoms with Crippen LogP contribution in [-0.2, 0) is 4.79 Å². The number of β-amino-alcohol motifs (C(OH)–C–C–N with tert-alkyl or cyclic N) is 1. The molecular weight excluding hydrogens is 162 g/mol. The molecule has 5 heteroatoms. The van der Waals surface area contributed by atoms with E-state index in [1.807, 2.05) is 0 Å². The molecule has 1 unspecified atom stereocenters. The van der Waals surface area contributed by atoms with Gasteiger partial charge in [0.25, 0.3) is 0 Å². The number of aliphatic carboxylic acids is 1. The third-order valence-corrected chi connectivity index (χ3v) is 2.05. The quantitative estimate of drug-likeness (QED) is 0.410. The zero-order chi connectivity index (χ0) is 9.19. The molecule has 0 aliphatic heterocycles. The number of aliphatic hydroxyl groups excluding tert-OH is 2. The van der Waals surface area contributed by atoms with E-state index >= 15 is 0 Å². The number of carboxylic acids is 1. The number of aliphatic hydroxyl groups is 2. The molecule has 1 rings (SSSR count). The van der Waals surface area contributed by atoms with Crippen LogP contribution in [0.1, 0.15) is 12.8 Å². The molecule has 1 aliphatic rings. The maximum absolute atomic E-state index is 10.6. The highest BCUT2D eigenvalue weighted by Gasteiger charge is 2.49. The third-order valence-electron chi connectivity index (χ3n) is 2.05. The van der Waals surface area contributed by atoms with E-state index in [2.05, 4.69) is 5.32 Å². The minimum atomic E-state index is -0.882. The molecule has 0 aromatic carbocycles. The van der Waals surface area contributed by atoms with Crippen molar-refractivity contribution in [3.8, 4) is 0 Å². The molecule has 0 radical (unpaired) electrons. The first kappa shape index (κ1) is 9.44. The number of hydrogen-bond acceptors (Lipinski definition) is 4. The van der Waals surface area contributed by atoms with Crippen LogP contribution in [-0.4, -0.2) is 46.1 Å². The van der Waals surface area contributed by atoms with Gasteiger partial charge in [0.1, 0.15) is 5.54 Å². The van der Waals surface area contributed by atoms with Crippen molar-refractivity contribution in [2.24, 2.45) is 0 Å². The summed E-state index contributed by atoms with van der Waals surface area (Å²) in [6.07, 6.45) is 0.322. The summed E-state index contributed by atoms with van der Waals surface area (Å²) in [5, 5.41) is 28.8. The van der Waals surface area contributed by atoms with Gasteiger partial charge < -0.3 is 15.3 Å². The second-order valence-electron chi connectivity index (χ2n) is 3.10. The molecule has 0 bridgehead atoms. The van der Waals surface area contributed by atoms with Crippen LogP contribution in [0.4, 0.5) is 0 Å². The fraction of sp³-hybridized carbons (Fsp3) is 0.857. The lowest BCUT2D eigenvalue weighted by molar-refractivity contribution is -0.140. The van der Waals surface area contributed by atoms with Crippen LogP contribution in [0.25, 0.3) is 0 Å². The van der Waals surface area contributed by atoms with Crippen LogP contribution >= 0.6 is 0 Å². The summed E-state index contributed by atoms with van der Waals surface area (Å²) in [5.41, 5.74) is -0.823. The van der Waals surface area contributed by atoms with Gasteiger partial charge in [-0.25, -0.2) is 0 Å². The molecule has 1 atom stereocenters. The molecule has 0 aromatic heterocycles. The molecule has 5 nitrogen and oxygen atoms in total. The van der Waals surface area contributed by atoms with Crippen molar-refractivity contribution in [2.45, 2.75) is 24.5 Å². The van der Waals surface area contributed by atoms with E-state index < -0.39 is 17.6 Å². The Labute approximate surface area is 70.0 Å². The zero-order valence-electron chi connectivity index (χ0n) is 6.66. The minimum absolute atomic E-state index is 0.128. The number of hydrogen-bond donors (Lipinski definition) is 4. The lowest BCUT2D eigenvalue weighted by atomic mass is 10.2. The van der Waals surface area contributed by atoms with E-state index in [9.17, 15) is 4.79 Å². The molecule has 12 heavy (non-hydrogen) atoms. The first-order valence-electron chi connectivity index (χ1n) is 3.88. The molecule has 70 valence electrons. The van der Waals surface area contributed by atoms with Crippen LogP contribution in [0.15, 0.2) is 0 Å². The Morgan fingerprint density at radius 3 is 2.50 bits per heavy atom. The van der Waals surface area contributed by atoms with Crippen molar-refractivity contribution >= 4 is 5.97 Å². The second kappa shape index (κ2) is 3.38. The maximum atomic E-state index is 10.6. The number of rotatable bonds is 5. The fourth-order valence-electron chi connectivity index (χ4n) is 0.969. The van der Waals surface area contributed by atoms with Crippen molar-refractivity contribution < 1.29 is 20.1 Å². The first-order chi connectivity index (χ1) is 5.60. The molecular formula is C7H13NO4. The molecule has 0 heterocycles. The largest absolute Gasteiger partial charge is 0.480 e. The lowest BCUT2D eigenvalue weighted by Gasteiger charge is -2.14. The normalized spacial score (nSPS) is 21.8. The van der Waals surface area contributed by atoms with Gasteiger partial charge in [-0.1, -0.05) is 0 Å². The number of nitrogens with one attached hydrogen (secondary N) is 1. The van der Waals surface area contributed by atoms with Crippen molar-refractivity contribution in [1.29, 1.82) is 0 Å². The van der Waals surface area contributed by atoms with Crippen molar-refractivity contribution in [3.63, 3.8) is 0 Å². The van der Waals surface area contributed by atoms with E-state index in [0.29, 0.717) is 12.8 Å². The predicted octanol–water partition coefficient (Wildman–Crippen LogP) is -1.45. The monoisotopic (exact) mass is 175 g/mol. The summed E-state index contributed by atoms with van der Waals surface area (Å²) in [6.45, 7) is -0.217. The molecule has 1 fully saturated rings. The summed E-state index contributed by atoms with van der Waals surface area (Å²) in [6, 6.07) is 0. The van der Waals surface area contributed by atoms with Gasteiger partial charge in [-0.05, 0) is 12.8 Å². The topological polar surface area (TPSA) is 89.8 Å². The van der Waals surface area contributed by atoms with Crippen LogP contribution in [0.5, 0.6) is 0 Å². The van der Waals surface area contributed by atoms with Crippen LogP contribution in [0.2, 0.25) is 0 Å². The van der Waals surface area contributed by atoms with Crippen LogP contribution < -0.4 is 5.32 Å². The SMILES string of the molecule is O=C(O)C1(NCC(O)CO)CC1. The third kappa shape index (κ3) is 1.94. The van der Waals surface area contributed by atoms with Gasteiger partial charge in [0.05, 0.1) is 12.7 Å². The molecule has 0 saturated heterocycles. The van der Waals surface area contributed by atoms with Gasteiger partial charge in [-0.2, -0.15) is 0 Å². The Bertz CT molecular complexity index is 178. The van der Waals surface area contributed by atoms with E-state index in [4.69, 9.17) is 15.3 Å². The van der Waals surface area contributed by atoms with Gasteiger partial charge in [0, 0.05) is 6.54 Å². The highest BCUT2D eigenvalue weighted by atomic mass is 16.4. The lowest BCUT2D eigenvalue weighted by Crippen LogP contribution is -2.43. The average molecular weight is 175 g/mol. The standard InChI is InChI=1S/C7H13NO4/c9-4-5(10)3-8-7(1-2-7)6(11)12/h5,8-10H,1-4H2,(H,11,12). The van der Waals surface area contributed by atoms with E-state index in [0.717, 1.165) is 0 Å². The Morgan fingerprint density at radius 2 is 2.17 bits per heavy atom. The van der Waals surface area contributed by atoms with Crippen molar-refractivity contribution in [1.82, 2.24) is 5.32 Å². The predicted molar refractivity (Wildman–Crippen MR) is 40.7 cm³/mol. The fourth-order valence-corrected chi connectivity index (χ4v) is 0.969. The zero-order valence-corrected chi connectivity index (χ0v) is 6.66. The Morgan fingerprint density at radius 1 is 1.58 bits per heavy atom. The highest BCUT2D eigenvalue weighted by molar-refractivity contribution is 5.82. The molecule has 0 aromatic rings. The number of carboxylic acid groups (broad SMARTS) is 1. The minimum Gasteiger partial charge on any atom is -0.480 e. The molecule has 1 saturated carbocycles. The molecule has 4 N–H and O–H groups in total. The first-order valence-corrected chi connectivity index (χ1v) is 3.88. The Balaban J connectivity index is 2.27. The second-order valence-corrected chi connectivity index (χ2v) is 3.10. The summed E-state index contributed by atoms with van der Waals surface area (Å²) in [4.78, 5) is 10.6. The molecule has 0 amide bonds. The smallest absolute Gasteiger partial charge is 0.323 e. The summed E-state index contributed by atoms with van der Waals surface area (Å²) >= 11 is 0. The van der Waals surface area contributed by atoms with Crippen LogP contribution in [0.3, 0.4) is 0 Å². The van der Waals surface area contributed by atoms with Gasteiger partial charge >= 0.3 is 5.97 Å². The van der Waals surface area contributed by atoms with Crippen molar-refractivity contribution in [2.75, 3.05) is 13.2 Å². The van der Waals surface area contributed by atoms with Crippen molar-refractivity contribution in [3.05, 3.63) is 0 Å². The summed E-state index contributed by atoms with van der Waals surface area (Å²) in [7, 11) is 0. The van der Waals surface area contributed by atoms with E-state index in [-0.39, 0.29) is 13.2 Å². The molecule has 0 spiro atoms. The number of carbonyl (C=O) groups is 1. The Hall–Kier alpha value is -0.650. The van der Waals surface area contributed by atoms with Crippen LogP contribution in [0, 0.1) is 0 Å². The van der Waals surface area contributed by atoms with Gasteiger partial charge in [0.15, 0.2) is 0 Å². The maximum Gasteiger partial charge on any atom is 0.323 e. The van der Waals surface area contributed by atoms with Gasteiger partial charge in [-0.3, -0.25) is 10.1 Å². The van der Waals surface area contributed by atoms with E-state index in [1.165, 1.54) is 0 Å². The summed E-state index contributed by atoms with van der Waals surface area (Å²) in [5.74, 6) is -0.882.